The van der Waals surface area contributed by atoms with Crippen LogP contribution >= 0.6 is 22.7 Å². The van der Waals surface area contributed by atoms with Gasteiger partial charge in [0.1, 0.15) is 0 Å². The van der Waals surface area contributed by atoms with E-state index in [0.29, 0.717) is 36.8 Å². The predicted molar refractivity (Wildman–Crippen MR) is 190 cm³/mol. The number of anilines is 2. The molecular formula is C36H40N8O2S2. The summed E-state index contributed by atoms with van der Waals surface area (Å²) in [5, 5.41) is 23.9. The first kappa shape index (κ1) is 34.6. The van der Waals surface area contributed by atoms with Gasteiger partial charge >= 0.3 is 0 Å². The van der Waals surface area contributed by atoms with E-state index in [1.807, 2.05) is 69.4 Å². The molecule has 4 aromatic rings. The predicted octanol–water partition coefficient (Wildman–Crippen LogP) is 5.37. The van der Waals surface area contributed by atoms with Crippen molar-refractivity contribution in [3.8, 4) is 12.1 Å². The number of hydrogen-bond acceptors (Lipinski definition) is 10. The highest BCUT2D eigenvalue weighted by Gasteiger charge is 2.29. The van der Waals surface area contributed by atoms with E-state index in [9.17, 15) is 9.59 Å². The third kappa shape index (κ3) is 9.18. The lowest BCUT2D eigenvalue weighted by atomic mass is 10.1. The zero-order chi connectivity index (χ0) is 33.9. The molecule has 0 radical (unpaired) electrons. The van der Waals surface area contributed by atoms with Crippen molar-refractivity contribution in [1.82, 2.24) is 19.8 Å². The summed E-state index contributed by atoms with van der Waals surface area (Å²) in [6.45, 7) is 8.95. The zero-order valence-electron chi connectivity index (χ0n) is 27.4. The Morgan fingerprint density at radius 3 is 1.52 bits per heavy atom. The van der Waals surface area contributed by atoms with E-state index >= 15 is 0 Å². The fraction of sp³-hybridized carbons (Fsp3) is 0.389. The second-order valence-corrected chi connectivity index (χ2v) is 13.8. The molecule has 2 saturated heterocycles. The molecule has 0 bridgehead atoms. The standard InChI is InChI=1S/2C18H20N4OS/c2*1-14-13-21(18-20-7-10-24-18)8-9-22(14)17(23)6-5-15-3-2-4-16(11-15)12-19/h2*2-4,7,10-11,14H,5-6,8-9,13H2,1H3. The van der Waals surface area contributed by atoms with Gasteiger partial charge in [-0.05, 0) is 62.1 Å². The van der Waals surface area contributed by atoms with Crippen LogP contribution < -0.4 is 9.80 Å². The Balaban J connectivity index is 0.000000188. The molecule has 248 valence electrons. The number of nitriles is 2. The number of aromatic nitrogens is 2. The van der Waals surface area contributed by atoms with Crippen molar-refractivity contribution in [1.29, 1.82) is 10.5 Å². The Hall–Kier alpha value is -4.78. The molecule has 2 atom stereocenters. The Morgan fingerprint density at radius 2 is 1.17 bits per heavy atom. The van der Waals surface area contributed by atoms with E-state index in [-0.39, 0.29) is 23.9 Å². The minimum atomic E-state index is 0.181. The maximum absolute atomic E-state index is 12.6. The van der Waals surface area contributed by atoms with Crippen molar-refractivity contribution >= 4 is 44.8 Å². The summed E-state index contributed by atoms with van der Waals surface area (Å²) in [4.78, 5) is 42.3. The molecule has 0 saturated carbocycles. The van der Waals surface area contributed by atoms with Crippen LogP contribution in [0, 0.1) is 22.7 Å². The van der Waals surface area contributed by atoms with Crippen molar-refractivity contribution < 1.29 is 9.59 Å². The molecule has 4 heterocycles. The maximum Gasteiger partial charge on any atom is 0.223 e. The summed E-state index contributed by atoms with van der Waals surface area (Å²) < 4.78 is 0. The lowest BCUT2D eigenvalue weighted by Crippen LogP contribution is -2.54. The average Bonchev–Trinajstić information content (AvgIpc) is 3.86. The number of nitrogens with zero attached hydrogens (tertiary/aromatic N) is 8. The van der Waals surface area contributed by atoms with Gasteiger partial charge in [-0.2, -0.15) is 10.5 Å². The van der Waals surface area contributed by atoms with E-state index in [0.717, 1.165) is 60.7 Å². The number of aryl methyl sites for hydroxylation is 2. The van der Waals surface area contributed by atoms with E-state index in [1.165, 1.54) is 0 Å². The zero-order valence-corrected chi connectivity index (χ0v) is 29.0. The first-order valence-corrected chi connectivity index (χ1v) is 18.0. The maximum atomic E-state index is 12.6. The van der Waals surface area contributed by atoms with Gasteiger partial charge in [-0.3, -0.25) is 9.59 Å². The molecule has 2 amide bonds. The summed E-state index contributed by atoms with van der Waals surface area (Å²) in [7, 11) is 0. The van der Waals surface area contributed by atoms with Crippen molar-refractivity contribution in [2.75, 3.05) is 49.1 Å². The van der Waals surface area contributed by atoms with Gasteiger partial charge in [0, 0.05) is 87.3 Å². The minimum absolute atomic E-state index is 0.181. The second kappa shape index (κ2) is 16.9. The number of thiazole rings is 2. The number of carbonyl (C=O) groups is 2. The Bertz CT molecular complexity index is 1600. The molecule has 10 nitrogen and oxygen atoms in total. The van der Waals surface area contributed by atoms with E-state index in [1.54, 1.807) is 34.8 Å². The van der Waals surface area contributed by atoms with Crippen LogP contribution in [0.4, 0.5) is 10.3 Å². The minimum Gasteiger partial charge on any atom is -0.344 e. The summed E-state index contributed by atoms with van der Waals surface area (Å²) in [5.74, 6) is 0.368. The molecule has 0 N–H and O–H groups in total. The van der Waals surface area contributed by atoms with E-state index in [2.05, 4.69) is 45.8 Å². The normalized spacial score (nSPS) is 17.6. The molecule has 2 unspecified atom stereocenters. The third-order valence-electron chi connectivity index (χ3n) is 8.64. The number of benzene rings is 2. The Labute approximate surface area is 290 Å². The summed E-state index contributed by atoms with van der Waals surface area (Å²) >= 11 is 3.27. The first-order chi connectivity index (χ1) is 23.3. The van der Waals surface area contributed by atoms with Gasteiger partial charge in [0.15, 0.2) is 10.3 Å². The number of amides is 2. The second-order valence-electron chi connectivity index (χ2n) is 12.0. The molecule has 0 spiro atoms. The molecule has 48 heavy (non-hydrogen) atoms. The van der Waals surface area contributed by atoms with Gasteiger partial charge in [0.25, 0.3) is 0 Å². The van der Waals surface area contributed by atoms with Crippen LogP contribution in [0.3, 0.4) is 0 Å². The highest BCUT2D eigenvalue weighted by Crippen LogP contribution is 2.23. The van der Waals surface area contributed by atoms with Crippen molar-refractivity contribution in [2.45, 2.75) is 51.6 Å². The van der Waals surface area contributed by atoms with Gasteiger partial charge in [0.05, 0.1) is 23.3 Å². The molecule has 6 rings (SSSR count). The monoisotopic (exact) mass is 680 g/mol. The third-order valence-corrected chi connectivity index (χ3v) is 10.3. The SMILES string of the molecule is CC1CN(c2nccs2)CCN1C(=O)CCc1cccc(C#N)c1.CC1CN(c2nccs2)CCN1C(=O)CCc1cccc(C#N)c1. The van der Waals surface area contributed by atoms with E-state index in [4.69, 9.17) is 10.5 Å². The topological polar surface area (TPSA) is 120 Å². The molecular weight excluding hydrogens is 641 g/mol. The van der Waals surface area contributed by atoms with Gasteiger partial charge < -0.3 is 19.6 Å². The summed E-state index contributed by atoms with van der Waals surface area (Å²) in [5.41, 5.74) is 3.36. The van der Waals surface area contributed by atoms with Crippen LogP contribution in [0.25, 0.3) is 0 Å². The number of rotatable bonds is 8. The molecule has 2 aliphatic rings. The largest absolute Gasteiger partial charge is 0.344 e. The fourth-order valence-corrected chi connectivity index (χ4v) is 7.49. The van der Waals surface area contributed by atoms with Crippen LogP contribution in [0.2, 0.25) is 0 Å². The fourth-order valence-electron chi connectivity index (χ4n) is 6.13. The van der Waals surface area contributed by atoms with Crippen molar-refractivity contribution in [3.63, 3.8) is 0 Å². The van der Waals surface area contributed by atoms with Crippen LogP contribution in [-0.4, -0.2) is 82.9 Å². The quantitative estimate of drug-likeness (QED) is 0.244. The van der Waals surface area contributed by atoms with Gasteiger partial charge in [-0.1, -0.05) is 24.3 Å². The Kier molecular flexibility index (Phi) is 12.1. The van der Waals surface area contributed by atoms with Crippen LogP contribution in [0.1, 0.15) is 48.9 Å². The summed E-state index contributed by atoms with van der Waals surface area (Å²) in [6.07, 6.45) is 5.95. The molecule has 12 heteroatoms. The van der Waals surface area contributed by atoms with Gasteiger partial charge in [0.2, 0.25) is 11.8 Å². The highest BCUT2D eigenvalue weighted by molar-refractivity contribution is 7.13. The van der Waals surface area contributed by atoms with E-state index < -0.39 is 0 Å². The molecule has 2 aromatic heterocycles. The Morgan fingerprint density at radius 1 is 0.729 bits per heavy atom. The number of carbonyl (C=O) groups excluding carboxylic acids is 2. The molecule has 2 aliphatic heterocycles. The van der Waals surface area contributed by atoms with Crippen LogP contribution in [0.15, 0.2) is 71.7 Å². The van der Waals surface area contributed by atoms with Crippen molar-refractivity contribution in [3.05, 3.63) is 93.9 Å². The number of piperazine rings is 2. The summed E-state index contributed by atoms with van der Waals surface area (Å²) in [6, 6.07) is 19.6. The smallest absolute Gasteiger partial charge is 0.223 e. The highest BCUT2D eigenvalue weighted by atomic mass is 32.1. The van der Waals surface area contributed by atoms with Gasteiger partial charge in [-0.15, -0.1) is 22.7 Å². The molecule has 2 aromatic carbocycles. The molecule has 2 fully saturated rings. The number of hydrogen-bond donors (Lipinski definition) is 0. The average molecular weight is 681 g/mol. The van der Waals surface area contributed by atoms with Crippen molar-refractivity contribution in [2.24, 2.45) is 0 Å². The molecule has 0 aliphatic carbocycles. The van der Waals surface area contributed by atoms with Crippen LogP contribution in [-0.2, 0) is 22.4 Å². The lowest BCUT2D eigenvalue weighted by molar-refractivity contribution is -0.134. The van der Waals surface area contributed by atoms with Gasteiger partial charge in [-0.25, -0.2) is 9.97 Å². The van der Waals surface area contributed by atoms with Crippen LogP contribution in [0.5, 0.6) is 0 Å². The first-order valence-electron chi connectivity index (χ1n) is 16.2. The lowest BCUT2D eigenvalue weighted by Gasteiger charge is -2.39.